The third-order valence-corrected chi connectivity index (χ3v) is 9.30. The summed E-state index contributed by atoms with van der Waals surface area (Å²) in [4.78, 5) is 30.3. The molecule has 11 heteroatoms. The van der Waals surface area contributed by atoms with Crippen molar-refractivity contribution in [3.05, 3.63) is 141 Å². The molecule has 3 aromatic carbocycles. The van der Waals surface area contributed by atoms with Crippen molar-refractivity contribution < 1.29 is 14.1 Å². The molecule has 1 aliphatic carbocycles. The summed E-state index contributed by atoms with van der Waals surface area (Å²) < 4.78 is 13.6. The largest absolute Gasteiger partial charge is 0.497 e. The fourth-order valence-electron chi connectivity index (χ4n) is 5.68. The summed E-state index contributed by atoms with van der Waals surface area (Å²) in [6, 6.07) is 21.7. The van der Waals surface area contributed by atoms with Crippen LogP contribution >= 0.6 is 34.5 Å². The number of hydrogen-bond acceptors (Lipinski definition) is 7. The van der Waals surface area contributed by atoms with Gasteiger partial charge in [0.05, 0.1) is 33.3 Å². The molecule has 0 N–H and O–H groups in total. The van der Waals surface area contributed by atoms with E-state index in [1.807, 2.05) is 36.4 Å². The van der Waals surface area contributed by atoms with E-state index in [0.717, 1.165) is 41.0 Å². The summed E-state index contributed by atoms with van der Waals surface area (Å²) in [5, 5.41) is 11.3. The first-order valence-electron chi connectivity index (χ1n) is 13.3. The number of nitrogens with zero attached hydrogens (tertiary/aromatic N) is 3. The zero-order valence-corrected chi connectivity index (χ0v) is 24.9. The van der Waals surface area contributed by atoms with Gasteiger partial charge in [-0.25, -0.2) is 4.99 Å². The van der Waals surface area contributed by atoms with Crippen LogP contribution in [0.4, 0.5) is 5.69 Å². The monoisotopic (exact) mass is 629 g/mol. The van der Waals surface area contributed by atoms with Gasteiger partial charge in [-0.3, -0.25) is 19.5 Å². The lowest BCUT2D eigenvalue weighted by Gasteiger charge is -2.30. The van der Waals surface area contributed by atoms with Crippen LogP contribution in [0, 0.1) is 10.1 Å². The predicted octanol–water partition coefficient (Wildman–Crippen LogP) is 6.80. The number of ether oxygens (including phenoxy) is 1. The minimum Gasteiger partial charge on any atom is -0.497 e. The molecular weight excluding hydrogens is 609 g/mol. The number of aromatic nitrogens is 1. The Morgan fingerprint density at radius 1 is 1.05 bits per heavy atom. The van der Waals surface area contributed by atoms with E-state index in [1.54, 1.807) is 29.9 Å². The smallest absolute Gasteiger partial charge is 0.289 e. The number of nitro benzene ring substituents is 1. The normalized spacial score (nSPS) is 15.9. The topological polar surface area (TPSA) is 99.9 Å². The van der Waals surface area contributed by atoms with Crippen LogP contribution in [0.3, 0.4) is 0 Å². The highest BCUT2D eigenvalue weighted by Crippen LogP contribution is 2.41. The molecule has 2 aromatic heterocycles. The first-order valence-corrected chi connectivity index (χ1v) is 14.9. The number of benzene rings is 3. The number of thiazole rings is 1. The Kier molecular flexibility index (Phi) is 6.80. The molecule has 1 aliphatic heterocycles. The fourth-order valence-corrected chi connectivity index (χ4v) is 7.14. The highest BCUT2D eigenvalue weighted by Gasteiger charge is 2.32. The molecule has 43 heavy (non-hydrogen) atoms. The van der Waals surface area contributed by atoms with E-state index in [4.69, 9.17) is 37.3 Å². The van der Waals surface area contributed by atoms with Crippen LogP contribution in [0.2, 0.25) is 10.0 Å². The van der Waals surface area contributed by atoms with Crippen molar-refractivity contribution in [1.29, 1.82) is 0 Å². The molecule has 0 unspecified atom stereocenters. The number of methoxy groups -OCH3 is 1. The average Bonchev–Trinajstić information content (AvgIpc) is 3.60. The molecule has 0 saturated heterocycles. The number of halogens is 2. The fraction of sp³-hybridized carbons (Fsp3) is 0.125. The Hall–Kier alpha value is -4.44. The van der Waals surface area contributed by atoms with Gasteiger partial charge in [-0.1, -0.05) is 70.9 Å². The Labute approximate surface area is 258 Å². The number of aryl methyl sites for hydroxylation is 1. The van der Waals surface area contributed by atoms with Crippen molar-refractivity contribution in [2.24, 2.45) is 4.99 Å². The maximum absolute atomic E-state index is 14.0. The molecule has 0 bridgehead atoms. The van der Waals surface area contributed by atoms with Crippen LogP contribution in [0.15, 0.2) is 92.6 Å². The number of fused-ring (bicyclic) bond motifs is 3. The van der Waals surface area contributed by atoms with Crippen molar-refractivity contribution in [2.75, 3.05) is 7.11 Å². The van der Waals surface area contributed by atoms with Crippen molar-refractivity contribution in [3.8, 4) is 17.1 Å². The Bertz CT molecular complexity index is 2160. The second-order valence-electron chi connectivity index (χ2n) is 10.1. The number of hydrogen-bond donors (Lipinski definition) is 0. The zero-order valence-electron chi connectivity index (χ0n) is 22.5. The van der Waals surface area contributed by atoms with E-state index in [0.29, 0.717) is 26.4 Å². The second kappa shape index (κ2) is 10.7. The summed E-state index contributed by atoms with van der Waals surface area (Å²) in [5.74, 6) is 1.52. The zero-order chi connectivity index (χ0) is 29.8. The molecule has 0 spiro atoms. The first kappa shape index (κ1) is 27.4. The molecule has 0 saturated carbocycles. The Morgan fingerprint density at radius 3 is 2.60 bits per heavy atom. The lowest BCUT2D eigenvalue weighted by atomic mass is 9.83. The van der Waals surface area contributed by atoms with Gasteiger partial charge < -0.3 is 9.15 Å². The molecule has 7 rings (SSSR count). The van der Waals surface area contributed by atoms with Crippen molar-refractivity contribution in [3.63, 3.8) is 0 Å². The summed E-state index contributed by atoms with van der Waals surface area (Å²) >= 11 is 13.7. The molecule has 5 aromatic rings. The minimum atomic E-state index is -0.596. The van der Waals surface area contributed by atoms with E-state index in [-0.39, 0.29) is 27.3 Å². The van der Waals surface area contributed by atoms with Crippen molar-refractivity contribution in [1.82, 2.24) is 4.57 Å². The maximum Gasteiger partial charge on any atom is 0.289 e. The van der Waals surface area contributed by atoms with Gasteiger partial charge in [-0.05, 0) is 59.9 Å². The van der Waals surface area contributed by atoms with Gasteiger partial charge in [-0.15, -0.1) is 0 Å². The molecular formula is C32H21Cl2N3O5S. The third kappa shape index (κ3) is 4.70. The lowest BCUT2D eigenvalue weighted by Crippen LogP contribution is -2.38. The average molecular weight is 631 g/mol. The van der Waals surface area contributed by atoms with Crippen molar-refractivity contribution >= 4 is 52.0 Å². The lowest BCUT2D eigenvalue weighted by molar-refractivity contribution is -0.384. The Balaban J connectivity index is 1.36. The molecule has 214 valence electrons. The third-order valence-electron chi connectivity index (χ3n) is 7.70. The summed E-state index contributed by atoms with van der Waals surface area (Å²) in [6.45, 7) is 0. The molecule has 0 fully saturated rings. The number of furan rings is 1. The van der Waals surface area contributed by atoms with Gasteiger partial charge in [-0.2, -0.15) is 0 Å². The maximum atomic E-state index is 14.0. The molecule has 0 radical (unpaired) electrons. The quantitative estimate of drug-likeness (QED) is 0.157. The van der Waals surface area contributed by atoms with Gasteiger partial charge >= 0.3 is 0 Å². The first-order chi connectivity index (χ1) is 20.8. The second-order valence-corrected chi connectivity index (χ2v) is 12.0. The van der Waals surface area contributed by atoms with Crippen molar-refractivity contribution in [2.45, 2.75) is 18.9 Å². The van der Waals surface area contributed by atoms with Gasteiger partial charge in [0.15, 0.2) is 4.80 Å². The van der Waals surface area contributed by atoms with Gasteiger partial charge in [0.1, 0.15) is 22.3 Å². The van der Waals surface area contributed by atoms with Crippen LogP contribution in [0.5, 0.6) is 5.75 Å². The van der Waals surface area contributed by atoms with E-state index >= 15 is 0 Å². The molecule has 0 amide bonds. The van der Waals surface area contributed by atoms with Gasteiger partial charge in [0.2, 0.25) is 0 Å². The van der Waals surface area contributed by atoms with E-state index in [2.05, 4.69) is 12.1 Å². The standard InChI is InChI=1S/C32H21Cl2N3O5S/c1-41-19-9-6-18(7-10-19)30-22-12-8-17-4-2-3-5-21(17)29(22)35-32-36(30)31(38)28(43-32)14-20-11-13-27(42-20)23-15-25(34)26(37(39)40)16-24(23)33/h2-7,9-11,13-16,30H,8,12H2,1H3/b28-14-/t30-/m0/s1. The highest BCUT2D eigenvalue weighted by molar-refractivity contribution is 7.07. The summed E-state index contributed by atoms with van der Waals surface area (Å²) in [5.41, 5.74) is 5.27. The molecule has 8 nitrogen and oxygen atoms in total. The van der Waals surface area contributed by atoms with E-state index in [9.17, 15) is 14.9 Å². The predicted molar refractivity (Wildman–Crippen MR) is 167 cm³/mol. The Morgan fingerprint density at radius 2 is 1.84 bits per heavy atom. The number of nitro groups is 1. The van der Waals surface area contributed by atoms with Gasteiger partial charge in [0, 0.05) is 23.3 Å². The summed E-state index contributed by atoms with van der Waals surface area (Å²) in [7, 11) is 1.63. The highest BCUT2D eigenvalue weighted by atomic mass is 35.5. The van der Waals surface area contributed by atoms with Crippen LogP contribution in [-0.4, -0.2) is 16.6 Å². The number of allylic oxidation sites excluding steroid dienone is 1. The molecule has 1 atom stereocenters. The van der Waals surface area contributed by atoms with Crippen LogP contribution in [0.25, 0.3) is 23.1 Å². The van der Waals surface area contributed by atoms with E-state index < -0.39 is 4.92 Å². The van der Waals surface area contributed by atoms with Gasteiger partial charge in [0.25, 0.3) is 11.2 Å². The van der Waals surface area contributed by atoms with Crippen LogP contribution in [0.1, 0.15) is 34.9 Å². The molecule has 2 aliphatic rings. The number of rotatable bonds is 5. The SMILES string of the molecule is COc1ccc([C@H]2C3=C(N=c4s/c(=C\c5ccc(-c6cc(Cl)c([N+](=O)[O-])cc6Cl)o5)c(=O)n42)c2ccccc2CC3)cc1. The van der Waals surface area contributed by atoms with Crippen LogP contribution < -0.4 is 19.6 Å². The van der Waals surface area contributed by atoms with E-state index in [1.165, 1.54) is 29.0 Å². The summed E-state index contributed by atoms with van der Waals surface area (Å²) in [6.07, 6.45) is 3.33. The minimum absolute atomic E-state index is 0.0558. The molecule has 3 heterocycles. The van der Waals surface area contributed by atoms with Crippen LogP contribution in [-0.2, 0) is 6.42 Å².